The van der Waals surface area contributed by atoms with Crippen LogP contribution in [-0.2, 0) is 9.53 Å². The lowest BCUT2D eigenvalue weighted by molar-refractivity contribution is -0.138. The number of benzene rings is 2. The minimum absolute atomic E-state index is 0. The van der Waals surface area contributed by atoms with E-state index in [9.17, 15) is 9.59 Å². The maximum Gasteiger partial charge on any atom is 0.409 e. The highest BCUT2D eigenvalue weighted by molar-refractivity contribution is 5.87. The SMILES string of the molecule is COC(=O)N(C)[C@H](C(=O)N1CCC[C@H]1c1ncc(-c2cc(C)c(C#CC#Cc3cnc([C@@H]4CCCN4)[nH]3)c(-c3ccccc3)c2)[nH]1)C(C)C.Cl.Cl.Cl. The highest BCUT2D eigenvalue weighted by Crippen LogP contribution is 2.35. The summed E-state index contributed by atoms with van der Waals surface area (Å²) in [5.41, 5.74) is 6.55. The van der Waals surface area contributed by atoms with Crippen LogP contribution in [0.3, 0.4) is 0 Å². The third kappa shape index (κ3) is 9.12. The molecule has 2 aliphatic rings. The van der Waals surface area contributed by atoms with Crippen LogP contribution in [-0.4, -0.2) is 75.0 Å². The minimum Gasteiger partial charge on any atom is -0.453 e. The molecule has 0 aliphatic carbocycles. The number of aromatic nitrogens is 4. The number of nitrogens with zero attached hydrogens (tertiary/aromatic N) is 4. The van der Waals surface area contributed by atoms with Gasteiger partial charge in [0.2, 0.25) is 5.91 Å². The van der Waals surface area contributed by atoms with Crippen molar-refractivity contribution in [2.45, 2.75) is 64.6 Å². The van der Waals surface area contributed by atoms with E-state index < -0.39 is 12.1 Å². The van der Waals surface area contributed by atoms with Gasteiger partial charge in [-0.15, -0.1) is 37.2 Å². The number of halogens is 3. The number of H-pyrrole nitrogens is 2. The molecule has 2 aliphatic heterocycles. The molecule has 0 bridgehead atoms. The number of hydrogen-bond acceptors (Lipinski definition) is 6. The predicted molar refractivity (Wildman–Crippen MR) is 211 cm³/mol. The third-order valence-corrected chi connectivity index (χ3v) is 9.38. The number of carbonyl (C=O) groups excluding carboxylic acids is 2. The second-order valence-electron chi connectivity index (χ2n) is 13.1. The highest BCUT2D eigenvalue weighted by Gasteiger charge is 2.39. The first kappa shape index (κ1) is 42.0. The molecule has 13 heteroatoms. The van der Waals surface area contributed by atoms with Gasteiger partial charge in [0, 0.05) is 24.7 Å². The highest BCUT2D eigenvalue weighted by atomic mass is 35.5. The number of ether oxygens (including phenoxy) is 1. The van der Waals surface area contributed by atoms with Crippen LogP contribution in [0.1, 0.15) is 80.1 Å². The predicted octanol–water partition coefficient (Wildman–Crippen LogP) is 7.25. The van der Waals surface area contributed by atoms with Crippen LogP contribution in [0.25, 0.3) is 22.4 Å². The maximum absolute atomic E-state index is 13.8. The molecule has 2 amide bonds. The maximum atomic E-state index is 13.8. The molecule has 0 spiro atoms. The lowest BCUT2D eigenvalue weighted by atomic mass is 9.93. The zero-order valence-corrected chi connectivity index (χ0v) is 32.4. The van der Waals surface area contributed by atoms with Gasteiger partial charge in [-0.1, -0.05) is 50.1 Å². The first-order valence-electron chi connectivity index (χ1n) is 16.9. The van der Waals surface area contributed by atoms with E-state index in [1.807, 2.05) is 43.1 Å². The lowest BCUT2D eigenvalue weighted by Crippen LogP contribution is -2.51. The summed E-state index contributed by atoms with van der Waals surface area (Å²) in [7, 11) is 2.94. The van der Waals surface area contributed by atoms with Crippen molar-refractivity contribution in [1.29, 1.82) is 0 Å². The fourth-order valence-electron chi connectivity index (χ4n) is 6.93. The summed E-state index contributed by atoms with van der Waals surface area (Å²) in [6, 6.07) is 13.8. The monoisotopic (exact) mass is 765 g/mol. The standard InChI is InChI=1S/C39H43N7O3.3ClH/c1-25(2)35(45(4)39(48)49-5)38(47)46-20-12-18-34(46)37-42-24-33(44-37)28-21-26(3)30(31(22-28)27-13-7-6-8-14-27)16-10-9-15-29-23-41-36(43-29)32-17-11-19-40-32;;;/h6-8,13-14,21-25,32,34-35,40H,11-12,17-20H2,1-5H3,(H,41,43)(H,42,44);3*1H/t32-,34-,35-;;;/m0.../s1. The molecule has 3 atom stereocenters. The third-order valence-electron chi connectivity index (χ3n) is 9.38. The largest absolute Gasteiger partial charge is 0.453 e. The number of methoxy groups -OCH3 is 1. The second-order valence-corrected chi connectivity index (χ2v) is 13.1. The number of likely N-dealkylation sites (N-methyl/N-ethyl adjacent to an activating group) is 1. The van der Waals surface area contributed by atoms with Gasteiger partial charge in [-0.05, 0) is 91.7 Å². The van der Waals surface area contributed by atoms with Gasteiger partial charge < -0.3 is 24.9 Å². The van der Waals surface area contributed by atoms with Gasteiger partial charge in [0.15, 0.2) is 0 Å². The normalized spacial score (nSPS) is 16.6. The number of rotatable bonds is 7. The van der Waals surface area contributed by atoms with Crippen molar-refractivity contribution < 1.29 is 14.3 Å². The molecule has 6 rings (SSSR count). The van der Waals surface area contributed by atoms with Crippen LogP contribution in [0, 0.1) is 36.5 Å². The first-order valence-corrected chi connectivity index (χ1v) is 16.9. The number of aromatic amines is 2. The zero-order valence-electron chi connectivity index (χ0n) is 30.0. The Morgan fingerprint density at radius 3 is 2.37 bits per heavy atom. The van der Waals surface area contributed by atoms with Crippen LogP contribution < -0.4 is 5.32 Å². The quantitative estimate of drug-likeness (QED) is 0.171. The van der Waals surface area contributed by atoms with Crippen LogP contribution in [0.4, 0.5) is 4.79 Å². The zero-order chi connectivity index (χ0) is 34.5. The van der Waals surface area contributed by atoms with E-state index in [4.69, 9.17) is 9.72 Å². The van der Waals surface area contributed by atoms with E-state index in [1.54, 1.807) is 13.2 Å². The van der Waals surface area contributed by atoms with E-state index in [1.165, 1.54) is 12.0 Å². The Balaban J connectivity index is 0.00000243. The van der Waals surface area contributed by atoms with Gasteiger partial charge in [0.05, 0.1) is 37.3 Å². The topological polar surface area (TPSA) is 119 Å². The van der Waals surface area contributed by atoms with Crippen LogP contribution in [0.15, 0.2) is 54.9 Å². The molecule has 2 aromatic carbocycles. The summed E-state index contributed by atoms with van der Waals surface area (Å²) < 4.78 is 4.92. The minimum atomic E-state index is -0.636. The molecule has 4 heterocycles. The fourth-order valence-corrected chi connectivity index (χ4v) is 6.93. The Morgan fingerprint density at radius 2 is 1.67 bits per heavy atom. The number of aryl methyl sites for hydroxylation is 1. The first-order chi connectivity index (χ1) is 23.7. The van der Waals surface area contributed by atoms with Gasteiger partial charge in [-0.2, -0.15) is 0 Å². The summed E-state index contributed by atoms with van der Waals surface area (Å²) >= 11 is 0. The number of nitrogens with one attached hydrogen (secondary N) is 3. The summed E-state index contributed by atoms with van der Waals surface area (Å²) in [6.45, 7) is 7.55. The van der Waals surface area contributed by atoms with Gasteiger partial charge in [-0.3, -0.25) is 9.69 Å². The molecule has 0 unspecified atom stereocenters. The van der Waals surface area contributed by atoms with Crippen molar-refractivity contribution in [2.75, 3.05) is 27.2 Å². The molecule has 276 valence electrons. The van der Waals surface area contributed by atoms with Gasteiger partial charge in [0.1, 0.15) is 23.4 Å². The lowest BCUT2D eigenvalue weighted by Gasteiger charge is -2.34. The molecule has 10 nitrogen and oxygen atoms in total. The molecule has 52 heavy (non-hydrogen) atoms. The molecular formula is C39H46Cl3N7O3. The average Bonchev–Trinajstić information content (AvgIpc) is 3.94. The van der Waals surface area contributed by atoms with Crippen molar-refractivity contribution in [3.63, 3.8) is 0 Å². The fraction of sp³-hybridized carbons (Fsp3) is 0.385. The average molecular weight is 767 g/mol. The Labute approximate surface area is 324 Å². The van der Waals surface area contributed by atoms with Gasteiger partial charge >= 0.3 is 6.09 Å². The number of likely N-dealkylation sites (tertiary alicyclic amines) is 1. The second kappa shape index (κ2) is 18.9. The van der Waals surface area contributed by atoms with E-state index >= 15 is 0 Å². The Hall–Kier alpha value is -4.45. The van der Waals surface area contributed by atoms with Crippen molar-refractivity contribution in [2.24, 2.45) is 5.92 Å². The summed E-state index contributed by atoms with van der Waals surface area (Å²) in [5, 5.41) is 3.45. The molecule has 2 saturated heterocycles. The number of amides is 2. The van der Waals surface area contributed by atoms with Crippen molar-refractivity contribution in [1.82, 2.24) is 35.1 Å². The van der Waals surface area contributed by atoms with Gasteiger partial charge in [-0.25, -0.2) is 14.8 Å². The van der Waals surface area contributed by atoms with E-state index in [0.29, 0.717) is 6.54 Å². The summed E-state index contributed by atoms with van der Waals surface area (Å²) in [6.07, 6.45) is 6.93. The number of imidazole rings is 2. The number of carbonyl (C=O) groups is 2. The Morgan fingerprint density at radius 1 is 0.942 bits per heavy atom. The number of hydrogen-bond donors (Lipinski definition) is 3. The molecule has 0 saturated carbocycles. The Bertz CT molecular complexity index is 1950. The molecule has 2 aromatic heterocycles. The molecule has 0 radical (unpaired) electrons. The Kier molecular flexibility index (Phi) is 15.2. The van der Waals surface area contributed by atoms with Crippen molar-refractivity contribution in [3.8, 4) is 46.1 Å². The molecular weight excluding hydrogens is 721 g/mol. The van der Waals surface area contributed by atoms with Gasteiger partial charge in [0.25, 0.3) is 0 Å². The van der Waals surface area contributed by atoms with E-state index in [-0.39, 0.29) is 61.1 Å². The summed E-state index contributed by atoms with van der Waals surface area (Å²) in [4.78, 5) is 45.5. The van der Waals surface area contributed by atoms with Crippen LogP contribution >= 0.6 is 37.2 Å². The molecule has 4 aromatic rings. The van der Waals surface area contributed by atoms with Crippen LogP contribution in [0.2, 0.25) is 0 Å². The molecule has 2 fully saturated rings. The van der Waals surface area contributed by atoms with Crippen molar-refractivity contribution >= 4 is 49.2 Å². The summed E-state index contributed by atoms with van der Waals surface area (Å²) in [5.74, 6) is 14.0. The molecule has 3 N–H and O–H groups in total. The van der Waals surface area contributed by atoms with Crippen LogP contribution in [0.5, 0.6) is 0 Å². The van der Waals surface area contributed by atoms with E-state index in [0.717, 1.165) is 83.1 Å². The van der Waals surface area contributed by atoms with E-state index in [2.05, 4.69) is 75.1 Å². The smallest absolute Gasteiger partial charge is 0.409 e. The van der Waals surface area contributed by atoms with Crippen molar-refractivity contribution in [3.05, 3.63) is 83.3 Å².